The van der Waals surface area contributed by atoms with Crippen LogP contribution >= 0.6 is 0 Å². The van der Waals surface area contributed by atoms with E-state index in [4.69, 9.17) is 4.74 Å². The van der Waals surface area contributed by atoms with E-state index >= 15 is 0 Å². The van der Waals surface area contributed by atoms with Crippen molar-refractivity contribution in [1.82, 2.24) is 9.97 Å². The van der Waals surface area contributed by atoms with Crippen LogP contribution in [0.15, 0.2) is 42.7 Å². The number of fused-ring (bicyclic) bond motifs is 5. The highest BCUT2D eigenvalue weighted by molar-refractivity contribution is 5.97. The summed E-state index contributed by atoms with van der Waals surface area (Å²) in [5.41, 5.74) is 4.37. The fourth-order valence-electron chi connectivity index (χ4n) is 2.87. The van der Waals surface area contributed by atoms with E-state index in [-0.39, 0.29) is 0 Å². The lowest BCUT2D eigenvalue weighted by Gasteiger charge is -2.10. The van der Waals surface area contributed by atoms with Gasteiger partial charge in [0.2, 0.25) is 0 Å². The predicted octanol–water partition coefficient (Wildman–Crippen LogP) is 3.21. The molecule has 92 valence electrons. The van der Waals surface area contributed by atoms with Gasteiger partial charge in [0.15, 0.2) is 0 Å². The maximum atomic E-state index is 5.55. The lowest BCUT2D eigenvalue weighted by atomic mass is 9.99. The molecule has 0 spiro atoms. The van der Waals surface area contributed by atoms with Gasteiger partial charge in [-0.25, -0.2) is 0 Å². The summed E-state index contributed by atoms with van der Waals surface area (Å²) in [6, 6.07) is 10.5. The summed E-state index contributed by atoms with van der Waals surface area (Å²) in [7, 11) is 1.71. The molecule has 3 heteroatoms. The molecule has 1 aromatic heterocycles. The van der Waals surface area contributed by atoms with Crippen molar-refractivity contribution in [1.29, 1.82) is 0 Å². The molecule has 4 rings (SSSR count). The van der Waals surface area contributed by atoms with Crippen molar-refractivity contribution in [3.8, 4) is 17.0 Å². The number of hydrogen-bond donors (Lipinski definition) is 0. The maximum absolute atomic E-state index is 5.55. The Kier molecular flexibility index (Phi) is 2.09. The molecule has 1 aliphatic carbocycles. The van der Waals surface area contributed by atoms with Crippen LogP contribution in [0.4, 0.5) is 0 Å². The van der Waals surface area contributed by atoms with Crippen LogP contribution in [0.25, 0.3) is 22.0 Å². The van der Waals surface area contributed by atoms with Crippen LogP contribution in [0.2, 0.25) is 0 Å². The van der Waals surface area contributed by atoms with Gasteiger partial charge in [0.1, 0.15) is 5.75 Å². The van der Waals surface area contributed by atoms with Crippen LogP contribution < -0.4 is 4.74 Å². The molecule has 3 aromatic rings. The number of nitrogens with zero attached hydrogens (tertiary/aromatic N) is 2. The van der Waals surface area contributed by atoms with E-state index in [1.165, 1.54) is 16.3 Å². The molecular weight excluding hydrogens is 236 g/mol. The fourth-order valence-corrected chi connectivity index (χ4v) is 2.87. The second kappa shape index (κ2) is 3.79. The molecule has 2 aromatic carbocycles. The van der Waals surface area contributed by atoms with Gasteiger partial charge in [-0.3, -0.25) is 9.97 Å². The van der Waals surface area contributed by atoms with Gasteiger partial charge in [0.25, 0.3) is 0 Å². The minimum absolute atomic E-state index is 0.830. The molecule has 0 aliphatic heterocycles. The molecule has 0 bridgehead atoms. The van der Waals surface area contributed by atoms with E-state index in [1.54, 1.807) is 19.5 Å². The van der Waals surface area contributed by atoms with Crippen molar-refractivity contribution in [3.05, 3.63) is 54.0 Å². The Labute approximate surface area is 110 Å². The van der Waals surface area contributed by atoms with Gasteiger partial charge in [-0.2, -0.15) is 0 Å². The topological polar surface area (TPSA) is 35.0 Å². The van der Waals surface area contributed by atoms with Gasteiger partial charge in [-0.05, 0) is 22.4 Å². The van der Waals surface area contributed by atoms with Crippen LogP contribution in [0.1, 0.15) is 11.3 Å². The van der Waals surface area contributed by atoms with Gasteiger partial charge in [-0.1, -0.05) is 24.3 Å². The van der Waals surface area contributed by atoms with Crippen molar-refractivity contribution in [3.63, 3.8) is 0 Å². The quantitative estimate of drug-likeness (QED) is 0.519. The zero-order valence-corrected chi connectivity index (χ0v) is 10.6. The molecule has 0 saturated carbocycles. The Morgan fingerprint density at radius 3 is 2.84 bits per heavy atom. The predicted molar refractivity (Wildman–Crippen MR) is 74.3 cm³/mol. The zero-order chi connectivity index (χ0) is 12.8. The third-order valence-electron chi connectivity index (χ3n) is 3.70. The molecule has 0 saturated heterocycles. The van der Waals surface area contributed by atoms with E-state index in [1.807, 2.05) is 6.07 Å². The first kappa shape index (κ1) is 10.5. The highest BCUT2D eigenvalue weighted by atomic mass is 16.5. The minimum Gasteiger partial charge on any atom is -0.496 e. The second-order valence-corrected chi connectivity index (χ2v) is 4.68. The second-order valence-electron chi connectivity index (χ2n) is 4.68. The number of aromatic nitrogens is 2. The first-order valence-corrected chi connectivity index (χ1v) is 6.27. The Morgan fingerprint density at radius 2 is 1.95 bits per heavy atom. The fraction of sp³-hybridized carbons (Fsp3) is 0.125. The number of benzene rings is 2. The summed E-state index contributed by atoms with van der Waals surface area (Å²) in [5.74, 6) is 0.882. The zero-order valence-electron chi connectivity index (χ0n) is 10.6. The number of ether oxygens (including phenoxy) is 1. The first-order valence-electron chi connectivity index (χ1n) is 6.27. The molecule has 0 radical (unpaired) electrons. The Morgan fingerprint density at radius 1 is 1.11 bits per heavy atom. The van der Waals surface area contributed by atoms with Crippen molar-refractivity contribution < 1.29 is 4.74 Å². The van der Waals surface area contributed by atoms with Crippen LogP contribution in [-0.2, 0) is 6.42 Å². The van der Waals surface area contributed by atoms with Gasteiger partial charge in [-0.15, -0.1) is 0 Å². The Hall–Kier alpha value is -2.42. The smallest absolute Gasteiger partial charge is 0.129 e. The summed E-state index contributed by atoms with van der Waals surface area (Å²) in [4.78, 5) is 8.91. The molecule has 0 N–H and O–H groups in total. The molecule has 1 aliphatic rings. The van der Waals surface area contributed by atoms with E-state index in [9.17, 15) is 0 Å². The summed E-state index contributed by atoms with van der Waals surface area (Å²) >= 11 is 0. The normalized spacial score (nSPS) is 12.3. The van der Waals surface area contributed by atoms with Gasteiger partial charge in [0.05, 0.1) is 18.5 Å². The molecule has 3 nitrogen and oxygen atoms in total. The molecule has 0 unspecified atom stereocenters. The van der Waals surface area contributed by atoms with Crippen LogP contribution in [-0.4, -0.2) is 17.1 Å². The number of hydrogen-bond acceptors (Lipinski definition) is 3. The van der Waals surface area contributed by atoms with Crippen molar-refractivity contribution in [2.75, 3.05) is 7.11 Å². The van der Waals surface area contributed by atoms with Crippen molar-refractivity contribution >= 4 is 10.8 Å². The lowest BCUT2D eigenvalue weighted by molar-refractivity contribution is 0.417. The lowest BCUT2D eigenvalue weighted by Crippen LogP contribution is -1.91. The average Bonchev–Trinajstić information content (AvgIpc) is 2.86. The molecule has 0 fully saturated rings. The standard InChI is InChI=1S/C16H12N2O/c1-19-14-8-10-4-2-3-5-11(10)12-9-13-16(15(12)14)18-7-6-17-13/h2-8H,9H2,1H3. The Bertz CT molecular complexity index is 796. The Balaban J connectivity index is 2.14. The molecule has 0 amide bonds. The summed E-state index contributed by atoms with van der Waals surface area (Å²) < 4.78 is 5.55. The minimum atomic E-state index is 0.830. The van der Waals surface area contributed by atoms with E-state index in [2.05, 4.69) is 34.2 Å². The van der Waals surface area contributed by atoms with E-state index < -0.39 is 0 Å². The summed E-state index contributed by atoms with van der Waals surface area (Å²) in [6.45, 7) is 0. The molecule has 0 atom stereocenters. The highest BCUT2D eigenvalue weighted by Gasteiger charge is 2.26. The summed E-state index contributed by atoms with van der Waals surface area (Å²) in [5, 5.41) is 2.46. The molecule has 19 heavy (non-hydrogen) atoms. The van der Waals surface area contributed by atoms with Crippen LogP contribution in [0.5, 0.6) is 5.75 Å². The average molecular weight is 248 g/mol. The molecular formula is C16H12N2O. The highest BCUT2D eigenvalue weighted by Crippen LogP contribution is 2.44. The van der Waals surface area contributed by atoms with E-state index in [0.717, 1.165) is 29.1 Å². The number of rotatable bonds is 1. The van der Waals surface area contributed by atoms with Gasteiger partial charge in [0, 0.05) is 24.4 Å². The largest absolute Gasteiger partial charge is 0.496 e. The molecule has 1 heterocycles. The van der Waals surface area contributed by atoms with Crippen molar-refractivity contribution in [2.45, 2.75) is 6.42 Å². The summed E-state index contributed by atoms with van der Waals surface area (Å²) in [6.07, 6.45) is 4.32. The monoisotopic (exact) mass is 248 g/mol. The maximum Gasteiger partial charge on any atom is 0.129 e. The van der Waals surface area contributed by atoms with Gasteiger partial charge < -0.3 is 4.74 Å². The van der Waals surface area contributed by atoms with Crippen LogP contribution in [0.3, 0.4) is 0 Å². The van der Waals surface area contributed by atoms with E-state index in [0.29, 0.717) is 0 Å². The van der Waals surface area contributed by atoms with Crippen LogP contribution in [0, 0.1) is 0 Å². The third kappa shape index (κ3) is 1.38. The van der Waals surface area contributed by atoms with Crippen molar-refractivity contribution in [2.24, 2.45) is 0 Å². The first-order chi connectivity index (χ1) is 9.38. The third-order valence-corrected chi connectivity index (χ3v) is 3.70. The van der Waals surface area contributed by atoms with Gasteiger partial charge >= 0.3 is 0 Å². The SMILES string of the molecule is COc1cc2ccccc2c2c1-c1nccnc1C2. The number of methoxy groups -OCH3 is 1.